The van der Waals surface area contributed by atoms with Crippen LogP contribution in [0.4, 0.5) is 0 Å². The maximum atomic E-state index is 6.10. The van der Waals surface area contributed by atoms with Crippen LogP contribution in [0.5, 0.6) is 0 Å². The molecule has 0 aliphatic carbocycles. The molecule has 1 N–H and O–H groups in total. The van der Waals surface area contributed by atoms with Crippen LogP contribution in [0.3, 0.4) is 0 Å². The lowest BCUT2D eigenvalue weighted by Gasteiger charge is -2.17. The fourth-order valence-electron chi connectivity index (χ4n) is 2.24. The van der Waals surface area contributed by atoms with Gasteiger partial charge in [-0.1, -0.05) is 36.7 Å². The van der Waals surface area contributed by atoms with Crippen molar-refractivity contribution in [3.63, 3.8) is 0 Å². The van der Waals surface area contributed by atoms with Gasteiger partial charge >= 0.3 is 0 Å². The van der Waals surface area contributed by atoms with Gasteiger partial charge in [0, 0.05) is 16.4 Å². The highest BCUT2D eigenvalue weighted by atomic mass is 35.5. The zero-order valence-electron chi connectivity index (χ0n) is 11.2. The average Bonchev–Trinajstić information content (AvgIpc) is 2.92. The molecule has 2 aromatic rings. The highest BCUT2D eigenvalue weighted by molar-refractivity contribution is 7.09. The summed E-state index contributed by atoms with van der Waals surface area (Å²) in [6, 6.07) is 12.6. The molecule has 1 atom stereocenters. The van der Waals surface area contributed by atoms with Crippen LogP contribution in [0.25, 0.3) is 0 Å². The second-order valence-electron chi connectivity index (χ2n) is 4.68. The van der Waals surface area contributed by atoms with Gasteiger partial charge in [-0.15, -0.1) is 11.3 Å². The van der Waals surface area contributed by atoms with Gasteiger partial charge < -0.3 is 5.32 Å². The molecule has 0 amide bonds. The van der Waals surface area contributed by atoms with Crippen molar-refractivity contribution in [3.8, 4) is 0 Å². The molecule has 3 heteroatoms. The third kappa shape index (κ3) is 4.64. The fraction of sp³-hybridized carbons (Fsp3) is 0.375. The lowest BCUT2D eigenvalue weighted by atomic mass is 9.94. The first-order chi connectivity index (χ1) is 9.29. The van der Waals surface area contributed by atoms with E-state index >= 15 is 0 Å². The van der Waals surface area contributed by atoms with Crippen molar-refractivity contribution in [1.29, 1.82) is 0 Å². The third-order valence-corrected chi connectivity index (χ3v) is 4.45. The molecule has 1 heterocycles. The molecule has 2 rings (SSSR count). The van der Waals surface area contributed by atoms with Crippen molar-refractivity contribution < 1.29 is 0 Å². The fourth-order valence-corrected chi connectivity index (χ4v) is 3.16. The summed E-state index contributed by atoms with van der Waals surface area (Å²) in [5.74, 6) is 0.528. The second kappa shape index (κ2) is 7.68. The summed E-state index contributed by atoms with van der Waals surface area (Å²) >= 11 is 7.94. The van der Waals surface area contributed by atoms with Gasteiger partial charge in [0.2, 0.25) is 0 Å². The van der Waals surface area contributed by atoms with Gasteiger partial charge in [-0.05, 0) is 54.4 Å². The van der Waals surface area contributed by atoms with Crippen molar-refractivity contribution in [2.75, 3.05) is 13.1 Å². The van der Waals surface area contributed by atoms with Crippen molar-refractivity contribution in [2.45, 2.75) is 25.7 Å². The van der Waals surface area contributed by atoms with E-state index in [2.05, 4.69) is 41.9 Å². The van der Waals surface area contributed by atoms with Crippen LogP contribution in [0, 0.1) is 0 Å². The molecule has 1 unspecified atom stereocenters. The SMILES string of the molecule is CCNCC(CCc1cccs1)c1cccc(Cl)c1. The smallest absolute Gasteiger partial charge is 0.0408 e. The maximum Gasteiger partial charge on any atom is 0.0408 e. The molecule has 0 saturated carbocycles. The van der Waals surface area contributed by atoms with E-state index in [0.29, 0.717) is 5.92 Å². The summed E-state index contributed by atoms with van der Waals surface area (Å²) in [5, 5.41) is 6.43. The number of benzene rings is 1. The van der Waals surface area contributed by atoms with Crippen molar-refractivity contribution in [3.05, 3.63) is 57.2 Å². The van der Waals surface area contributed by atoms with E-state index in [4.69, 9.17) is 11.6 Å². The van der Waals surface area contributed by atoms with E-state index in [1.165, 1.54) is 10.4 Å². The number of nitrogens with one attached hydrogen (secondary N) is 1. The van der Waals surface area contributed by atoms with Gasteiger partial charge in [0.15, 0.2) is 0 Å². The summed E-state index contributed by atoms with van der Waals surface area (Å²) < 4.78 is 0. The zero-order chi connectivity index (χ0) is 13.5. The van der Waals surface area contributed by atoms with E-state index in [-0.39, 0.29) is 0 Å². The number of rotatable bonds is 7. The Morgan fingerprint density at radius 3 is 2.84 bits per heavy atom. The summed E-state index contributed by atoms with van der Waals surface area (Å²) in [7, 11) is 0. The van der Waals surface area contributed by atoms with Gasteiger partial charge in [0.1, 0.15) is 0 Å². The molecular weight excluding hydrogens is 274 g/mol. The molecule has 0 fully saturated rings. The number of hydrogen-bond acceptors (Lipinski definition) is 2. The number of likely N-dealkylation sites (N-methyl/N-ethyl adjacent to an activating group) is 1. The van der Waals surface area contributed by atoms with Gasteiger partial charge in [0.05, 0.1) is 0 Å². The Balaban J connectivity index is 2.02. The minimum atomic E-state index is 0.528. The average molecular weight is 294 g/mol. The van der Waals surface area contributed by atoms with Crippen LogP contribution >= 0.6 is 22.9 Å². The molecule has 0 saturated heterocycles. The molecule has 0 aliphatic heterocycles. The Morgan fingerprint density at radius 1 is 1.26 bits per heavy atom. The molecule has 0 spiro atoms. The highest BCUT2D eigenvalue weighted by Crippen LogP contribution is 2.25. The first-order valence-corrected chi connectivity index (χ1v) is 8.04. The molecule has 0 bridgehead atoms. The van der Waals surface area contributed by atoms with Crippen LogP contribution in [-0.4, -0.2) is 13.1 Å². The first-order valence-electron chi connectivity index (χ1n) is 6.78. The Kier molecular flexibility index (Phi) is 5.90. The van der Waals surface area contributed by atoms with E-state index in [1.54, 1.807) is 0 Å². The Labute approximate surface area is 124 Å². The minimum Gasteiger partial charge on any atom is -0.316 e. The van der Waals surface area contributed by atoms with Crippen molar-refractivity contribution >= 4 is 22.9 Å². The van der Waals surface area contributed by atoms with Crippen molar-refractivity contribution in [1.82, 2.24) is 5.32 Å². The molecule has 1 nitrogen and oxygen atoms in total. The number of thiophene rings is 1. The van der Waals surface area contributed by atoms with Crippen molar-refractivity contribution in [2.24, 2.45) is 0 Å². The van der Waals surface area contributed by atoms with Crippen LogP contribution in [0.2, 0.25) is 5.02 Å². The number of hydrogen-bond donors (Lipinski definition) is 1. The number of halogens is 1. The summed E-state index contributed by atoms with van der Waals surface area (Å²) in [5.41, 5.74) is 1.34. The molecular formula is C16H20ClNS. The number of aryl methyl sites for hydroxylation is 1. The lowest BCUT2D eigenvalue weighted by molar-refractivity contribution is 0.563. The molecule has 1 aromatic heterocycles. The highest BCUT2D eigenvalue weighted by Gasteiger charge is 2.12. The molecule has 1 aromatic carbocycles. The molecule has 0 radical (unpaired) electrons. The van der Waals surface area contributed by atoms with Crippen LogP contribution in [0.1, 0.15) is 29.7 Å². The van der Waals surface area contributed by atoms with E-state index in [1.807, 2.05) is 23.5 Å². The predicted octanol–water partition coefficient (Wildman–Crippen LogP) is 4.73. The first kappa shape index (κ1) is 14.6. The molecule has 19 heavy (non-hydrogen) atoms. The van der Waals surface area contributed by atoms with Crippen LogP contribution in [0.15, 0.2) is 41.8 Å². The maximum absolute atomic E-state index is 6.10. The Hall–Kier alpha value is -0.830. The van der Waals surface area contributed by atoms with E-state index in [9.17, 15) is 0 Å². The van der Waals surface area contributed by atoms with Gasteiger partial charge in [-0.2, -0.15) is 0 Å². The zero-order valence-corrected chi connectivity index (χ0v) is 12.8. The quantitative estimate of drug-likeness (QED) is 0.778. The minimum absolute atomic E-state index is 0.528. The largest absolute Gasteiger partial charge is 0.316 e. The van der Waals surface area contributed by atoms with E-state index in [0.717, 1.165) is 31.0 Å². The lowest BCUT2D eigenvalue weighted by Crippen LogP contribution is -2.21. The summed E-state index contributed by atoms with van der Waals surface area (Å²) in [6.45, 7) is 4.17. The van der Waals surface area contributed by atoms with Gasteiger partial charge in [-0.3, -0.25) is 0 Å². The second-order valence-corrected chi connectivity index (χ2v) is 6.15. The van der Waals surface area contributed by atoms with Crippen LogP contribution < -0.4 is 5.32 Å². The van der Waals surface area contributed by atoms with Crippen LogP contribution in [-0.2, 0) is 6.42 Å². The van der Waals surface area contributed by atoms with Gasteiger partial charge in [-0.25, -0.2) is 0 Å². The molecule has 102 valence electrons. The monoisotopic (exact) mass is 293 g/mol. The summed E-state index contributed by atoms with van der Waals surface area (Å²) in [6.07, 6.45) is 2.30. The predicted molar refractivity (Wildman–Crippen MR) is 85.4 cm³/mol. The summed E-state index contributed by atoms with van der Waals surface area (Å²) in [4.78, 5) is 1.46. The Morgan fingerprint density at radius 2 is 2.16 bits per heavy atom. The standard InChI is InChI=1S/C16H20ClNS/c1-2-18-12-14(8-9-16-7-4-10-19-16)13-5-3-6-15(17)11-13/h3-7,10-11,14,18H,2,8-9,12H2,1H3. The Bertz CT molecular complexity index is 481. The normalized spacial score (nSPS) is 12.5. The van der Waals surface area contributed by atoms with E-state index < -0.39 is 0 Å². The van der Waals surface area contributed by atoms with Gasteiger partial charge in [0.25, 0.3) is 0 Å². The molecule has 0 aliphatic rings. The third-order valence-electron chi connectivity index (χ3n) is 3.28. The topological polar surface area (TPSA) is 12.0 Å².